The van der Waals surface area contributed by atoms with Crippen molar-refractivity contribution < 1.29 is 9.53 Å². The first-order chi connectivity index (χ1) is 12.6. The molecule has 1 fully saturated rings. The summed E-state index contributed by atoms with van der Waals surface area (Å²) < 4.78 is 5.33. The van der Waals surface area contributed by atoms with Gasteiger partial charge >= 0.3 is 0 Å². The fourth-order valence-electron chi connectivity index (χ4n) is 2.58. The van der Waals surface area contributed by atoms with Gasteiger partial charge in [-0.25, -0.2) is 4.98 Å². The maximum absolute atomic E-state index is 12.3. The zero-order chi connectivity index (χ0) is 18.4. The number of morpholine rings is 1. The number of anilines is 2. The third-order valence-corrected chi connectivity index (χ3v) is 4.59. The van der Waals surface area contributed by atoms with E-state index >= 15 is 0 Å². The van der Waals surface area contributed by atoms with Crippen molar-refractivity contribution >= 4 is 40.6 Å². The first kappa shape index (κ1) is 18.9. The number of pyridine rings is 1. The number of aromatic nitrogens is 1. The molecule has 2 heterocycles. The second kappa shape index (κ2) is 9.19. The quantitative estimate of drug-likeness (QED) is 0.785. The molecule has 3 rings (SSSR count). The van der Waals surface area contributed by atoms with Crippen molar-refractivity contribution in [1.82, 2.24) is 9.88 Å². The maximum Gasteiger partial charge on any atom is 0.257 e. The summed E-state index contributed by atoms with van der Waals surface area (Å²) in [5.41, 5.74) is 0.962. The van der Waals surface area contributed by atoms with Crippen LogP contribution in [0.15, 0.2) is 36.5 Å². The summed E-state index contributed by atoms with van der Waals surface area (Å²) in [4.78, 5) is 18.9. The van der Waals surface area contributed by atoms with Gasteiger partial charge in [0.15, 0.2) is 0 Å². The molecule has 1 aromatic heterocycles. The number of nitrogens with zero attached hydrogens (tertiary/aromatic N) is 2. The van der Waals surface area contributed by atoms with Crippen LogP contribution in [0.25, 0.3) is 0 Å². The van der Waals surface area contributed by atoms with Crippen LogP contribution >= 0.6 is 23.2 Å². The summed E-state index contributed by atoms with van der Waals surface area (Å²) in [6, 6.07) is 8.43. The molecule has 1 aromatic carbocycles. The Kier molecular flexibility index (Phi) is 6.68. The van der Waals surface area contributed by atoms with E-state index < -0.39 is 0 Å². The summed E-state index contributed by atoms with van der Waals surface area (Å²) in [6.45, 7) is 5.23. The third kappa shape index (κ3) is 5.32. The van der Waals surface area contributed by atoms with Gasteiger partial charge < -0.3 is 15.4 Å². The minimum atomic E-state index is -0.276. The highest BCUT2D eigenvalue weighted by molar-refractivity contribution is 6.36. The number of hydrogen-bond acceptors (Lipinski definition) is 5. The van der Waals surface area contributed by atoms with Crippen molar-refractivity contribution in [2.45, 2.75) is 0 Å². The summed E-state index contributed by atoms with van der Waals surface area (Å²) in [5.74, 6) is 0.459. The molecule has 1 aliphatic heterocycles. The van der Waals surface area contributed by atoms with Crippen molar-refractivity contribution in [3.8, 4) is 0 Å². The van der Waals surface area contributed by atoms with Crippen molar-refractivity contribution in [3.05, 3.63) is 52.1 Å². The van der Waals surface area contributed by atoms with E-state index in [0.717, 1.165) is 45.2 Å². The molecule has 0 bridgehead atoms. The van der Waals surface area contributed by atoms with Crippen molar-refractivity contribution in [1.29, 1.82) is 0 Å². The Morgan fingerprint density at radius 3 is 2.69 bits per heavy atom. The van der Waals surface area contributed by atoms with Crippen molar-refractivity contribution in [2.24, 2.45) is 0 Å². The fraction of sp³-hybridized carbons (Fsp3) is 0.333. The number of carbonyl (C=O) groups is 1. The molecule has 8 heteroatoms. The number of carbonyl (C=O) groups excluding carboxylic acids is 1. The molecule has 1 aliphatic rings. The lowest BCUT2D eigenvalue weighted by Gasteiger charge is -2.26. The molecule has 1 saturated heterocycles. The summed E-state index contributed by atoms with van der Waals surface area (Å²) in [6.07, 6.45) is 1.54. The lowest BCUT2D eigenvalue weighted by atomic mass is 10.2. The minimum Gasteiger partial charge on any atom is -0.379 e. The fourth-order valence-corrected chi connectivity index (χ4v) is 3.04. The second-order valence-corrected chi connectivity index (χ2v) is 6.73. The molecule has 138 valence electrons. The Hall–Kier alpha value is -1.86. The Morgan fingerprint density at radius 1 is 1.19 bits per heavy atom. The predicted molar refractivity (Wildman–Crippen MR) is 104 cm³/mol. The molecule has 0 radical (unpaired) electrons. The van der Waals surface area contributed by atoms with E-state index in [4.69, 9.17) is 27.9 Å². The zero-order valence-electron chi connectivity index (χ0n) is 14.2. The SMILES string of the molecule is O=C(Nc1ccc(Cl)cc1Cl)c1ccc(NCCN2CCOCC2)nc1. The minimum absolute atomic E-state index is 0.276. The molecule has 6 nitrogen and oxygen atoms in total. The molecule has 0 unspecified atom stereocenters. The van der Waals surface area contributed by atoms with Gasteiger partial charge in [0, 0.05) is 37.4 Å². The number of amides is 1. The van der Waals surface area contributed by atoms with Gasteiger partial charge in [-0.15, -0.1) is 0 Å². The first-order valence-electron chi connectivity index (χ1n) is 8.38. The molecule has 0 aliphatic carbocycles. The lowest BCUT2D eigenvalue weighted by molar-refractivity contribution is 0.0398. The predicted octanol–water partition coefficient (Wildman–Crippen LogP) is 3.38. The van der Waals surface area contributed by atoms with Crippen LogP contribution in [0.1, 0.15) is 10.4 Å². The molecule has 0 atom stereocenters. The Labute approximate surface area is 162 Å². The van der Waals surface area contributed by atoms with E-state index in [1.807, 2.05) is 0 Å². The summed E-state index contributed by atoms with van der Waals surface area (Å²) in [5, 5.41) is 6.92. The smallest absolute Gasteiger partial charge is 0.257 e. The van der Waals surface area contributed by atoms with Gasteiger partial charge in [-0.1, -0.05) is 23.2 Å². The number of rotatable bonds is 6. The lowest BCUT2D eigenvalue weighted by Crippen LogP contribution is -2.39. The van der Waals surface area contributed by atoms with Crippen LogP contribution in [0.5, 0.6) is 0 Å². The monoisotopic (exact) mass is 394 g/mol. The van der Waals surface area contributed by atoms with Gasteiger partial charge in [-0.2, -0.15) is 0 Å². The molecule has 26 heavy (non-hydrogen) atoms. The number of benzene rings is 1. The van der Waals surface area contributed by atoms with Crippen LogP contribution in [-0.2, 0) is 4.74 Å². The van der Waals surface area contributed by atoms with Crippen molar-refractivity contribution in [2.75, 3.05) is 50.0 Å². The summed E-state index contributed by atoms with van der Waals surface area (Å²) >= 11 is 11.9. The first-order valence-corrected chi connectivity index (χ1v) is 9.14. The van der Waals surface area contributed by atoms with E-state index in [2.05, 4.69) is 20.5 Å². The molecule has 2 aromatic rings. The molecule has 2 N–H and O–H groups in total. The van der Waals surface area contributed by atoms with Crippen LogP contribution in [-0.4, -0.2) is 55.2 Å². The normalized spacial score (nSPS) is 14.8. The largest absolute Gasteiger partial charge is 0.379 e. The Morgan fingerprint density at radius 2 is 2.00 bits per heavy atom. The van der Waals surface area contributed by atoms with Crippen LogP contribution < -0.4 is 10.6 Å². The van der Waals surface area contributed by atoms with Crippen LogP contribution in [0, 0.1) is 0 Å². The molecule has 1 amide bonds. The summed E-state index contributed by atoms with van der Waals surface area (Å²) in [7, 11) is 0. The van der Waals surface area contributed by atoms with Gasteiger partial charge in [0.05, 0.1) is 29.5 Å². The standard InChI is InChI=1S/C18H20Cl2N4O2/c19-14-2-3-16(15(20)11-14)23-18(25)13-1-4-17(22-12-13)21-5-6-24-7-9-26-10-8-24/h1-4,11-12H,5-10H2,(H,21,22)(H,23,25). The van der Waals surface area contributed by atoms with Gasteiger partial charge in [0.2, 0.25) is 0 Å². The van der Waals surface area contributed by atoms with Crippen molar-refractivity contribution in [3.63, 3.8) is 0 Å². The Balaban J connectivity index is 1.50. The molecule has 0 spiro atoms. The van der Waals surface area contributed by atoms with Crippen LogP contribution in [0.2, 0.25) is 10.0 Å². The van der Waals surface area contributed by atoms with E-state index in [1.54, 1.807) is 30.3 Å². The average Bonchev–Trinajstić information content (AvgIpc) is 2.65. The number of hydrogen-bond donors (Lipinski definition) is 2. The average molecular weight is 395 g/mol. The second-order valence-electron chi connectivity index (χ2n) is 5.89. The highest BCUT2D eigenvalue weighted by Crippen LogP contribution is 2.25. The number of halogens is 2. The van der Waals surface area contributed by atoms with Gasteiger partial charge in [-0.05, 0) is 30.3 Å². The molecule has 0 saturated carbocycles. The maximum atomic E-state index is 12.3. The van der Waals surface area contributed by atoms with E-state index in [1.165, 1.54) is 6.20 Å². The van der Waals surface area contributed by atoms with Gasteiger partial charge in [0.1, 0.15) is 5.82 Å². The van der Waals surface area contributed by atoms with Gasteiger partial charge in [-0.3, -0.25) is 9.69 Å². The van der Waals surface area contributed by atoms with Gasteiger partial charge in [0.25, 0.3) is 5.91 Å². The van der Waals surface area contributed by atoms with Crippen LogP contribution in [0.3, 0.4) is 0 Å². The number of ether oxygens (including phenoxy) is 1. The van der Waals surface area contributed by atoms with E-state index in [0.29, 0.717) is 21.3 Å². The molecular weight excluding hydrogens is 375 g/mol. The topological polar surface area (TPSA) is 66.5 Å². The zero-order valence-corrected chi connectivity index (χ0v) is 15.7. The highest BCUT2D eigenvalue weighted by atomic mass is 35.5. The third-order valence-electron chi connectivity index (χ3n) is 4.04. The molecular formula is C18H20Cl2N4O2. The van der Waals surface area contributed by atoms with Crippen LogP contribution in [0.4, 0.5) is 11.5 Å². The van der Waals surface area contributed by atoms with E-state index in [9.17, 15) is 4.79 Å². The van der Waals surface area contributed by atoms with E-state index in [-0.39, 0.29) is 5.91 Å². The highest BCUT2D eigenvalue weighted by Gasteiger charge is 2.11. The Bertz CT molecular complexity index is 749. The number of nitrogens with one attached hydrogen (secondary N) is 2.